The van der Waals surface area contributed by atoms with E-state index >= 15 is 0 Å². The molecule has 1 saturated heterocycles. The van der Waals surface area contributed by atoms with Crippen molar-refractivity contribution in [2.45, 2.75) is 57.7 Å². The second kappa shape index (κ2) is 10.4. The highest BCUT2D eigenvalue weighted by Gasteiger charge is 2.40. The van der Waals surface area contributed by atoms with Crippen LogP contribution in [0.5, 0.6) is 11.6 Å². The Labute approximate surface area is 207 Å². The van der Waals surface area contributed by atoms with E-state index < -0.39 is 0 Å². The summed E-state index contributed by atoms with van der Waals surface area (Å²) in [7, 11) is 7.11. The van der Waals surface area contributed by atoms with E-state index in [1.54, 1.807) is 27.5 Å². The molecule has 0 radical (unpaired) electrons. The Kier molecular flexibility index (Phi) is 7.93. The number of ether oxygens (including phenoxy) is 2. The summed E-state index contributed by atoms with van der Waals surface area (Å²) in [4.78, 5) is 11.1. The van der Waals surface area contributed by atoms with Gasteiger partial charge in [-0.15, -0.1) is 0 Å². The first-order valence-electron chi connectivity index (χ1n) is 11.4. The fraction of sp³-hybridized carbons (Fsp3) is 0.500. The highest BCUT2D eigenvalue weighted by Crippen LogP contribution is 2.34. The largest absolute Gasteiger partial charge is 0.496 e. The topological polar surface area (TPSA) is 82.8 Å². The molecule has 7 nitrogen and oxygen atoms in total. The summed E-state index contributed by atoms with van der Waals surface area (Å²) in [6, 6.07) is 9.98. The van der Waals surface area contributed by atoms with E-state index in [1.165, 1.54) is 11.8 Å². The van der Waals surface area contributed by atoms with E-state index in [1.807, 2.05) is 30.3 Å². The van der Waals surface area contributed by atoms with E-state index in [9.17, 15) is 0 Å². The van der Waals surface area contributed by atoms with Crippen molar-refractivity contribution >= 4 is 22.0 Å². The Morgan fingerprint density at radius 1 is 1.09 bits per heavy atom. The molecule has 1 aliphatic heterocycles. The van der Waals surface area contributed by atoms with Crippen LogP contribution in [-0.2, 0) is 0 Å². The van der Waals surface area contributed by atoms with Crippen molar-refractivity contribution in [2.24, 2.45) is 4.99 Å². The maximum Gasteiger partial charge on any atom is 0.212 e. The summed E-state index contributed by atoms with van der Waals surface area (Å²) >= 11 is 1.37. The molecule has 3 rings (SSSR count). The summed E-state index contributed by atoms with van der Waals surface area (Å²) in [5.74, 6) is 1.22. The number of benzene rings is 1. The monoisotopic (exact) mass is 483 g/mol. The van der Waals surface area contributed by atoms with Gasteiger partial charge >= 0.3 is 0 Å². The smallest absolute Gasteiger partial charge is 0.212 e. The fourth-order valence-electron chi connectivity index (χ4n) is 4.85. The van der Waals surface area contributed by atoms with Gasteiger partial charge < -0.3 is 19.7 Å². The van der Waals surface area contributed by atoms with E-state index in [2.05, 4.69) is 54.9 Å². The van der Waals surface area contributed by atoms with Gasteiger partial charge in [0.05, 0.1) is 14.2 Å². The Morgan fingerprint density at radius 3 is 2.26 bits per heavy atom. The number of nitrogens with one attached hydrogen (secondary N) is 2. The average molecular weight is 484 g/mol. The normalized spacial score (nSPS) is 17.8. The van der Waals surface area contributed by atoms with Gasteiger partial charge in [-0.25, -0.2) is 4.98 Å². The molecular weight excluding hydrogens is 446 g/mol. The summed E-state index contributed by atoms with van der Waals surface area (Å²) in [5.41, 5.74) is 2.73. The zero-order valence-corrected chi connectivity index (χ0v) is 22.3. The maximum absolute atomic E-state index is 8.83. The van der Waals surface area contributed by atoms with Crippen molar-refractivity contribution in [3.05, 3.63) is 42.1 Å². The summed E-state index contributed by atoms with van der Waals surface area (Å²) in [5, 5.41) is 13.8. The van der Waals surface area contributed by atoms with Crippen molar-refractivity contribution in [2.75, 3.05) is 28.3 Å². The molecule has 0 aliphatic carbocycles. The van der Waals surface area contributed by atoms with Gasteiger partial charge in [0.1, 0.15) is 10.8 Å². The average Bonchev–Trinajstić information content (AvgIpc) is 2.79. The van der Waals surface area contributed by atoms with E-state index in [0.717, 1.165) is 34.7 Å². The number of aliphatic imine (C=N–C) groups is 1. The van der Waals surface area contributed by atoms with Crippen LogP contribution in [0, 0.1) is 5.41 Å². The maximum atomic E-state index is 8.83. The molecule has 2 N–H and O–H groups in total. The molecule has 0 saturated carbocycles. The number of piperidine rings is 1. The lowest BCUT2D eigenvalue weighted by atomic mass is 9.79. The summed E-state index contributed by atoms with van der Waals surface area (Å²) in [6.07, 6.45) is 3.79. The van der Waals surface area contributed by atoms with Crippen molar-refractivity contribution in [1.29, 1.82) is 5.41 Å². The quantitative estimate of drug-likeness (QED) is 0.457. The van der Waals surface area contributed by atoms with Gasteiger partial charge in [-0.2, -0.15) is 0 Å². The summed E-state index contributed by atoms with van der Waals surface area (Å²) in [6.45, 7) is 8.99. The zero-order valence-electron chi connectivity index (χ0n) is 21.5. The van der Waals surface area contributed by atoms with E-state index in [-0.39, 0.29) is 11.1 Å². The van der Waals surface area contributed by atoms with Crippen LogP contribution in [0.3, 0.4) is 0 Å². The van der Waals surface area contributed by atoms with Crippen LogP contribution in [0.25, 0.3) is 11.1 Å². The van der Waals surface area contributed by atoms with Crippen LogP contribution in [0.15, 0.2) is 41.5 Å². The molecule has 0 spiro atoms. The van der Waals surface area contributed by atoms with Crippen LogP contribution in [0.2, 0.25) is 0 Å². The van der Waals surface area contributed by atoms with Crippen LogP contribution < -0.4 is 14.8 Å². The molecule has 0 unspecified atom stereocenters. The molecule has 0 atom stereocenters. The number of thioether (sulfide) groups is 1. The first-order chi connectivity index (χ1) is 16.0. The van der Waals surface area contributed by atoms with Gasteiger partial charge in [0.15, 0.2) is 5.17 Å². The summed E-state index contributed by atoms with van der Waals surface area (Å²) < 4.78 is 10.8. The first-order valence-corrected chi connectivity index (χ1v) is 12.2. The van der Waals surface area contributed by atoms with Crippen molar-refractivity contribution < 1.29 is 9.47 Å². The molecule has 34 heavy (non-hydrogen) atoms. The molecule has 1 aliphatic rings. The second-order valence-electron chi connectivity index (χ2n) is 10.0. The number of aromatic nitrogens is 1. The Bertz CT molecular complexity index is 1030. The number of amidine groups is 1. The molecule has 2 aromatic rings. The highest BCUT2D eigenvalue weighted by atomic mass is 32.2. The van der Waals surface area contributed by atoms with Gasteiger partial charge in [-0.05, 0) is 76.1 Å². The van der Waals surface area contributed by atoms with Crippen molar-refractivity contribution in [1.82, 2.24) is 15.2 Å². The van der Waals surface area contributed by atoms with E-state index in [4.69, 9.17) is 14.9 Å². The number of methoxy groups -OCH3 is 2. The third kappa shape index (κ3) is 6.10. The SMILES string of the molecule is C/N=C(\SC(=N)c1ccc(-c2ccc(OC)nc2)cc1OC)N(C)C1CC(C)(C)NC(C)(C)C1. The molecule has 2 heterocycles. The Hall–Kier alpha value is -2.58. The van der Waals surface area contributed by atoms with Gasteiger partial charge in [0.2, 0.25) is 5.88 Å². The predicted octanol–water partition coefficient (Wildman–Crippen LogP) is 5.05. The fourth-order valence-corrected chi connectivity index (χ4v) is 5.70. The minimum absolute atomic E-state index is 0.0348. The molecule has 184 valence electrons. The Balaban J connectivity index is 1.79. The van der Waals surface area contributed by atoms with Crippen LogP contribution in [0.1, 0.15) is 46.1 Å². The molecule has 8 heteroatoms. The second-order valence-corrected chi connectivity index (χ2v) is 11.0. The lowest BCUT2D eigenvalue weighted by molar-refractivity contribution is 0.115. The predicted molar refractivity (Wildman–Crippen MR) is 143 cm³/mol. The Morgan fingerprint density at radius 2 is 1.74 bits per heavy atom. The van der Waals surface area contributed by atoms with Crippen LogP contribution >= 0.6 is 11.8 Å². The number of nitrogens with zero attached hydrogens (tertiary/aromatic N) is 3. The third-order valence-electron chi connectivity index (χ3n) is 6.13. The molecule has 1 aromatic carbocycles. The number of hydrogen-bond donors (Lipinski definition) is 2. The minimum atomic E-state index is 0.0348. The van der Waals surface area contributed by atoms with Gasteiger partial charge in [-0.3, -0.25) is 10.4 Å². The van der Waals surface area contributed by atoms with Crippen LogP contribution in [-0.4, -0.2) is 65.5 Å². The first kappa shape index (κ1) is 26.0. The lowest BCUT2D eigenvalue weighted by Crippen LogP contribution is -2.62. The van der Waals surface area contributed by atoms with Gasteiger partial charge in [-0.1, -0.05) is 6.07 Å². The number of rotatable bonds is 5. The zero-order chi connectivity index (χ0) is 25.1. The van der Waals surface area contributed by atoms with Crippen LogP contribution in [0.4, 0.5) is 0 Å². The number of pyridine rings is 1. The van der Waals surface area contributed by atoms with E-state index in [0.29, 0.717) is 22.7 Å². The van der Waals surface area contributed by atoms with Gasteiger partial charge in [0, 0.05) is 54.6 Å². The molecule has 1 aromatic heterocycles. The highest BCUT2D eigenvalue weighted by molar-refractivity contribution is 8.26. The van der Waals surface area contributed by atoms with Gasteiger partial charge in [0.25, 0.3) is 0 Å². The minimum Gasteiger partial charge on any atom is -0.496 e. The molecular formula is C26H37N5O2S. The lowest BCUT2D eigenvalue weighted by Gasteiger charge is -2.49. The number of hydrogen-bond acceptors (Lipinski definition) is 7. The third-order valence-corrected chi connectivity index (χ3v) is 7.20. The van der Waals surface area contributed by atoms with Crippen molar-refractivity contribution in [3.8, 4) is 22.8 Å². The molecule has 0 amide bonds. The standard InChI is InChI=1S/C26H37N5O2S/c1-25(2)14-19(15-26(3,4)30-25)31(6)24(28-5)34-23(27)20-11-9-17(13-21(20)32-7)18-10-12-22(33-8)29-16-18/h9-13,16,19,27,30H,14-15H2,1-8H3/b27-23?,28-24-. The van der Waals surface area contributed by atoms with Crippen molar-refractivity contribution in [3.63, 3.8) is 0 Å². The molecule has 1 fully saturated rings. The molecule has 0 bridgehead atoms.